The number of nitrogens with zero attached hydrogens (tertiary/aromatic N) is 1. The third kappa shape index (κ3) is 4.14. The first-order valence-corrected chi connectivity index (χ1v) is 17.0. The fourth-order valence-corrected chi connectivity index (χ4v) is 8.24. The van der Waals surface area contributed by atoms with Gasteiger partial charge in [-0.15, -0.1) is 0 Å². The molecule has 2 nitrogen and oxygen atoms in total. The van der Waals surface area contributed by atoms with Crippen LogP contribution in [0.1, 0.15) is 25.0 Å². The van der Waals surface area contributed by atoms with E-state index in [4.69, 9.17) is 4.42 Å². The maximum Gasteiger partial charge on any atom is 0.138 e. The number of fused-ring (bicyclic) bond motifs is 8. The molecule has 8 aromatic carbocycles. The summed E-state index contributed by atoms with van der Waals surface area (Å²) in [6, 6.07) is 59.5. The highest BCUT2D eigenvalue weighted by atomic mass is 16.3. The van der Waals surface area contributed by atoms with Crippen LogP contribution in [0.5, 0.6) is 0 Å². The summed E-state index contributed by atoms with van der Waals surface area (Å²) in [5.41, 5.74) is 12.7. The van der Waals surface area contributed by atoms with E-state index < -0.39 is 0 Å². The van der Waals surface area contributed by atoms with Crippen LogP contribution in [0, 0.1) is 0 Å². The van der Waals surface area contributed by atoms with Gasteiger partial charge in [-0.3, -0.25) is 0 Å². The van der Waals surface area contributed by atoms with Crippen molar-refractivity contribution in [3.05, 3.63) is 175 Å². The SMILES string of the molecule is CC1(C)c2ccccc2-c2c(N(c3ccc(-c4ccc5ccccc5c4)cc3)c3c4ccccc4cc4oc5ccccc5c34)cccc21. The molecule has 1 aliphatic rings. The van der Waals surface area contributed by atoms with Gasteiger partial charge in [-0.1, -0.05) is 141 Å². The Balaban J connectivity index is 1.28. The van der Waals surface area contributed by atoms with E-state index in [-0.39, 0.29) is 5.41 Å². The predicted octanol–water partition coefficient (Wildman–Crippen LogP) is 13.3. The zero-order valence-electron chi connectivity index (χ0n) is 27.4. The highest BCUT2D eigenvalue weighted by molar-refractivity contribution is 6.22. The zero-order valence-corrected chi connectivity index (χ0v) is 27.4. The monoisotopic (exact) mass is 627 g/mol. The van der Waals surface area contributed by atoms with Gasteiger partial charge in [0, 0.05) is 27.4 Å². The molecule has 0 saturated heterocycles. The molecular formula is C47H33NO. The third-order valence-electron chi connectivity index (χ3n) is 10.6. The van der Waals surface area contributed by atoms with Crippen molar-refractivity contribution in [1.29, 1.82) is 0 Å². The van der Waals surface area contributed by atoms with Crippen LogP contribution in [-0.2, 0) is 5.41 Å². The molecule has 2 heteroatoms. The summed E-state index contributed by atoms with van der Waals surface area (Å²) in [6.45, 7) is 4.70. The summed E-state index contributed by atoms with van der Waals surface area (Å²) >= 11 is 0. The molecule has 0 amide bonds. The second-order valence-electron chi connectivity index (χ2n) is 13.7. The van der Waals surface area contributed by atoms with E-state index in [1.807, 2.05) is 0 Å². The molecule has 1 heterocycles. The molecule has 232 valence electrons. The molecule has 0 atom stereocenters. The van der Waals surface area contributed by atoms with Gasteiger partial charge >= 0.3 is 0 Å². The van der Waals surface area contributed by atoms with Crippen molar-refractivity contribution >= 4 is 60.5 Å². The van der Waals surface area contributed by atoms with Crippen molar-refractivity contribution in [2.24, 2.45) is 0 Å². The van der Waals surface area contributed by atoms with Crippen LogP contribution < -0.4 is 4.90 Å². The average molecular weight is 628 g/mol. The van der Waals surface area contributed by atoms with E-state index in [1.54, 1.807) is 0 Å². The van der Waals surface area contributed by atoms with Crippen molar-refractivity contribution in [2.75, 3.05) is 4.90 Å². The Kier molecular flexibility index (Phi) is 5.95. The second kappa shape index (κ2) is 10.4. The maximum atomic E-state index is 6.59. The topological polar surface area (TPSA) is 16.4 Å². The van der Waals surface area contributed by atoms with Crippen LogP contribution in [-0.4, -0.2) is 0 Å². The van der Waals surface area contributed by atoms with E-state index in [9.17, 15) is 0 Å². The van der Waals surface area contributed by atoms with Crippen molar-refractivity contribution in [1.82, 2.24) is 0 Å². The van der Waals surface area contributed by atoms with Crippen molar-refractivity contribution in [3.8, 4) is 22.3 Å². The molecule has 49 heavy (non-hydrogen) atoms. The van der Waals surface area contributed by atoms with Gasteiger partial charge in [0.25, 0.3) is 0 Å². The maximum absolute atomic E-state index is 6.59. The van der Waals surface area contributed by atoms with Crippen LogP contribution in [0.3, 0.4) is 0 Å². The van der Waals surface area contributed by atoms with Crippen molar-refractivity contribution in [3.63, 3.8) is 0 Å². The summed E-state index contributed by atoms with van der Waals surface area (Å²) in [7, 11) is 0. The minimum atomic E-state index is -0.121. The van der Waals surface area contributed by atoms with Gasteiger partial charge in [0.2, 0.25) is 0 Å². The predicted molar refractivity (Wildman–Crippen MR) is 206 cm³/mol. The van der Waals surface area contributed by atoms with Crippen LogP contribution >= 0.6 is 0 Å². The number of benzene rings is 8. The van der Waals surface area contributed by atoms with Crippen LogP contribution in [0.15, 0.2) is 168 Å². The van der Waals surface area contributed by atoms with Gasteiger partial charge in [0.15, 0.2) is 0 Å². The first kappa shape index (κ1) is 27.9. The second-order valence-corrected chi connectivity index (χ2v) is 13.7. The lowest BCUT2D eigenvalue weighted by Crippen LogP contribution is -2.16. The van der Waals surface area contributed by atoms with Crippen molar-refractivity contribution < 1.29 is 4.42 Å². The van der Waals surface area contributed by atoms with Gasteiger partial charge in [0.05, 0.1) is 16.8 Å². The molecule has 1 aromatic heterocycles. The van der Waals surface area contributed by atoms with E-state index >= 15 is 0 Å². The first-order chi connectivity index (χ1) is 24.1. The molecule has 0 bridgehead atoms. The minimum Gasteiger partial charge on any atom is -0.456 e. The summed E-state index contributed by atoms with van der Waals surface area (Å²) in [6.07, 6.45) is 0. The lowest BCUT2D eigenvalue weighted by molar-refractivity contribution is 0.660. The lowest BCUT2D eigenvalue weighted by atomic mass is 9.82. The van der Waals surface area contributed by atoms with E-state index in [2.05, 4.69) is 183 Å². The first-order valence-electron chi connectivity index (χ1n) is 17.0. The quantitative estimate of drug-likeness (QED) is 0.193. The molecule has 0 aliphatic heterocycles. The molecule has 0 fully saturated rings. The van der Waals surface area contributed by atoms with E-state index in [1.165, 1.54) is 49.5 Å². The number of para-hydroxylation sites is 1. The van der Waals surface area contributed by atoms with Gasteiger partial charge in [-0.05, 0) is 80.4 Å². The molecule has 10 rings (SSSR count). The zero-order chi connectivity index (χ0) is 32.7. The molecule has 0 saturated carbocycles. The molecule has 0 unspecified atom stereocenters. The molecule has 0 spiro atoms. The highest BCUT2D eigenvalue weighted by Crippen LogP contribution is 2.56. The summed E-state index contributed by atoms with van der Waals surface area (Å²) in [5, 5.41) is 7.07. The largest absolute Gasteiger partial charge is 0.456 e. The number of hydrogen-bond donors (Lipinski definition) is 0. The Morgan fingerprint density at radius 2 is 1.16 bits per heavy atom. The Morgan fingerprint density at radius 1 is 0.490 bits per heavy atom. The molecular weight excluding hydrogens is 595 g/mol. The smallest absolute Gasteiger partial charge is 0.138 e. The Bertz CT molecular complexity index is 2750. The Labute approximate surface area is 285 Å². The minimum absolute atomic E-state index is 0.121. The number of rotatable bonds is 4. The number of furan rings is 1. The Hall–Kier alpha value is -6.12. The van der Waals surface area contributed by atoms with Gasteiger partial charge in [0.1, 0.15) is 11.2 Å². The summed E-state index contributed by atoms with van der Waals surface area (Å²) in [4.78, 5) is 2.49. The van der Waals surface area contributed by atoms with Crippen LogP contribution in [0.25, 0.3) is 65.7 Å². The van der Waals surface area contributed by atoms with Gasteiger partial charge < -0.3 is 9.32 Å². The lowest BCUT2D eigenvalue weighted by Gasteiger charge is -2.30. The fourth-order valence-electron chi connectivity index (χ4n) is 8.24. The van der Waals surface area contributed by atoms with E-state index in [0.29, 0.717) is 0 Å². The van der Waals surface area contributed by atoms with E-state index in [0.717, 1.165) is 44.4 Å². The highest BCUT2D eigenvalue weighted by Gasteiger charge is 2.38. The third-order valence-corrected chi connectivity index (χ3v) is 10.6. The summed E-state index contributed by atoms with van der Waals surface area (Å²) < 4.78 is 6.59. The Morgan fingerprint density at radius 3 is 2.02 bits per heavy atom. The molecule has 0 radical (unpaired) electrons. The normalized spacial score (nSPS) is 13.3. The molecule has 0 N–H and O–H groups in total. The number of anilines is 3. The van der Waals surface area contributed by atoms with Crippen LogP contribution in [0.4, 0.5) is 17.1 Å². The number of hydrogen-bond acceptors (Lipinski definition) is 2. The molecule has 9 aromatic rings. The van der Waals surface area contributed by atoms with Crippen LogP contribution in [0.2, 0.25) is 0 Å². The molecule has 1 aliphatic carbocycles. The van der Waals surface area contributed by atoms with Gasteiger partial charge in [-0.2, -0.15) is 0 Å². The average Bonchev–Trinajstić information content (AvgIpc) is 3.63. The van der Waals surface area contributed by atoms with Crippen molar-refractivity contribution in [2.45, 2.75) is 19.3 Å². The summed E-state index contributed by atoms with van der Waals surface area (Å²) in [5.74, 6) is 0. The van der Waals surface area contributed by atoms with Gasteiger partial charge in [-0.25, -0.2) is 0 Å². The fraction of sp³-hybridized carbons (Fsp3) is 0.0638. The standard InChI is InChI=1S/C47H33NO/c1-47(2)39-18-9-7-16-37(39)44-40(47)19-11-20-41(44)48(35-26-24-31(25-27-35)33-23-22-30-12-3-4-13-32(30)28-33)46-36-15-6-5-14-34(36)29-43-45(46)38-17-8-10-21-42(38)49-43/h3-29H,1-2H3.